The van der Waals surface area contributed by atoms with E-state index < -0.39 is 5.82 Å². The van der Waals surface area contributed by atoms with Crippen molar-refractivity contribution in [1.29, 1.82) is 0 Å². The fraction of sp³-hybridized carbons (Fsp3) is 0.600. The largest absolute Gasteiger partial charge is 0.494 e. The maximum Gasteiger partial charge on any atom is 0.172 e. The van der Waals surface area contributed by atoms with Crippen LogP contribution < -0.4 is 4.74 Å². The Morgan fingerprint density at radius 3 is 2.57 bits per heavy atom. The molecule has 0 aromatic heterocycles. The summed E-state index contributed by atoms with van der Waals surface area (Å²) in [6.07, 6.45) is 11.4. The minimum Gasteiger partial charge on any atom is -0.494 e. The van der Waals surface area contributed by atoms with Crippen LogP contribution >= 0.6 is 0 Å². The third-order valence-corrected chi connectivity index (χ3v) is 7.38. The van der Waals surface area contributed by atoms with Gasteiger partial charge in [-0.15, -0.1) is 0 Å². The lowest BCUT2D eigenvalue weighted by Crippen LogP contribution is -2.30. The zero-order valence-corrected chi connectivity index (χ0v) is 17.1. The molecule has 4 rings (SSSR count). The van der Waals surface area contributed by atoms with E-state index in [9.17, 15) is 8.78 Å². The Balaban J connectivity index is 1.51. The van der Waals surface area contributed by atoms with E-state index in [4.69, 9.17) is 4.74 Å². The summed E-state index contributed by atoms with van der Waals surface area (Å²) < 4.78 is 34.5. The summed E-state index contributed by atoms with van der Waals surface area (Å²) in [6, 6.07) is 6.72. The summed E-state index contributed by atoms with van der Waals surface area (Å²) in [4.78, 5) is 0. The molecule has 3 heteroatoms. The van der Waals surface area contributed by atoms with Crippen molar-refractivity contribution in [2.75, 3.05) is 7.11 Å². The SMILES string of the molecule is CCCCC1CCC2C[C@H](c3cc4ccc(OC)c(F)c4cc3F)CC[C@@H]2C1. The van der Waals surface area contributed by atoms with Crippen LogP contribution in [0.2, 0.25) is 0 Å². The molecule has 0 bridgehead atoms. The van der Waals surface area contributed by atoms with Crippen molar-refractivity contribution in [2.45, 2.75) is 70.6 Å². The van der Waals surface area contributed by atoms with Crippen molar-refractivity contribution in [3.05, 3.63) is 41.5 Å². The molecule has 2 aromatic rings. The third kappa shape index (κ3) is 3.77. The van der Waals surface area contributed by atoms with E-state index in [2.05, 4.69) is 6.92 Å². The molecule has 2 aromatic carbocycles. The summed E-state index contributed by atoms with van der Waals surface area (Å²) in [6.45, 7) is 2.27. The van der Waals surface area contributed by atoms with E-state index in [1.807, 2.05) is 12.1 Å². The summed E-state index contributed by atoms with van der Waals surface area (Å²) >= 11 is 0. The summed E-state index contributed by atoms with van der Waals surface area (Å²) in [5.74, 6) is 2.17. The van der Waals surface area contributed by atoms with E-state index in [0.29, 0.717) is 5.39 Å². The first-order valence-electron chi connectivity index (χ1n) is 11.1. The van der Waals surface area contributed by atoms with Crippen LogP contribution in [0.3, 0.4) is 0 Å². The fourth-order valence-electron chi connectivity index (χ4n) is 5.80. The molecule has 0 radical (unpaired) electrons. The molecular formula is C25H32F2O. The van der Waals surface area contributed by atoms with Crippen LogP contribution in [0, 0.1) is 29.4 Å². The van der Waals surface area contributed by atoms with E-state index in [0.717, 1.165) is 41.5 Å². The Morgan fingerprint density at radius 1 is 1.00 bits per heavy atom. The predicted octanol–water partition coefficient (Wildman–Crippen LogP) is 7.62. The molecule has 0 spiro atoms. The molecule has 4 atom stereocenters. The van der Waals surface area contributed by atoms with Crippen LogP contribution in [0.4, 0.5) is 8.78 Å². The lowest BCUT2D eigenvalue weighted by Gasteiger charge is -2.42. The molecule has 2 fully saturated rings. The topological polar surface area (TPSA) is 9.23 Å². The number of fused-ring (bicyclic) bond motifs is 2. The first-order valence-corrected chi connectivity index (χ1v) is 11.1. The molecule has 0 saturated heterocycles. The van der Waals surface area contributed by atoms with Crippen LogP contribution in [0.5, 0.6) is 5.75 Å². The lowest BCUT2D eigenvalue weighted by atomic mass is 9.63. The average molecular weight is 387 g/mol. The van der Waals surface area contributed by atoms with E-state index in [1.165, 1.54) is 58.1 Å². The predicted molar refractivity (Wildman–Crippen MR) is 111 cm³/mol. The number of hydrogen-bond acceptors (Lipinski definition) is 1. The maximum atomic E-state index is 14.9. The summed E-state index contributed by atoms with van der Waals surface area (Å²) in [5, 5.41) is 1.07. The highest BCUT2D eigenvalue weighted by Crippen LogP contribution is 2.49. The second-order valence-corrected chi connectivity index (χ2v) is 9.03. The number of methoxy groups -OCH3 is 1. The Kier molecular flexibility index (Phi) is 5.89. The number of ether oxygens (including phenoxy) is 1. The van der Waals surface area contributed by atoms with Crippen LogP contribution in [0.15, 0.2) is 24.3 Å². The van der Waals surface area contributed by atoms with Crippen molar-refractivity contribution >= 4 is 10.8 Å². The molecule has 2 aliphatic rings. The number of benzene rings is 2. The van der Waals surface area contributed by atoms with Gasteiger partial charge in [0.1, 0.15) is 5.82 Å². The lowest BCUT2D eigenvalue weighted by molar-refractivity contribution is 0.112. The minimum absolute atomic E-state index is 0.167. The molecule has 0 aliphatic heterocycles. The zero-order valence-electron chi connectivity index (χ0n) is 17.1. The molecule has 0 heterocycles. The number of halogens is 2. The van der Waals surface area contributed by atoms with Crippen molar-refractivity contribution in [2.24, 2.45) is 17.8 Å². The standard InChI is InChI=1S/C25H32F2O/c1-3-4-5-16-6-7-18-13-19(9-8-17(18)12-16)21-14-20-10-11-24(28-2)25(27)22(20)15-23(21)26/h10-11,14-19H,3-9,12-13H2,1-2H3/t16?,17-,18?,19-/m1/s1. The average Bonchev–Trinajstić information content (AvgIpc) is 2.72. The molecule has 2 unspecified atom stereocenters. The summed E-state index contributed by atoms with van der Waals surface area (Å²) in [5.41, 5.74) is 0.781. The van der Waals surface area contributed by atoms with Crippen molar-refractivity contribution in [3.63, 3.8) is 0 Å². The van der Waals surface area contributed by atoms with Gasteiger partial charge in [0.05, 0.1) is 7.11 Å². The first kappa shape index (κ1) is 19.7. The Hall–Kier alpha value is -1.64. The van der Waals surface area contributed by atoms with E-state index in [1.54, 1.807) is 6.07 Å². The van der Waals surface area contributed by atoms with Crippen molar-refractivity contribution in [3.8, 4) is 5.75 Å². The number of rotatable bonds is 5. The quantitative estimate of drug-likeness (QED) is 0.513. The maximum absolute atomic E-state index is 14.9. The number of hydrogen-bond donors (Lipinski definition) is 0. The highest BCUT2D eigenvalue weighted by molar-refractivity contribution is 5.85. The normalized spacial score (nSPS) is 27.6. The second-order valence-electron chi connectivity index (χ2n) is 9.03. The van der Waals surface area contributed by atoms with Gasteiger partial charge in [0.25, 0.3) is 0 Å². The van der Waals surface area contributed by atoms with Gasteiger partial charge in [0.15, 0.2) is 11.6 Å². The highest BCUT2D eigenvalue weighted by atomic mass is 19.1. The van der Waals surface area contributed by atoms with Crippen LogP contribution in [0.1, 0.15) is 76.2 Å². The van der Waals surface area contributed by atoms with Crippen LogP contribution in [0.25, 0.3) is 10.8 Å². The molecule has 0 amide bonds. The second kappa shape index (κ2) is 8.39. The zero-order chi connectivity index (χ0) is 19.7. The Morgan fingerprint density at radius 2 is 1.79 bits per heavy atom. The van der Waals surface area contributed by atoms with E-state index >= 15 is 0 Å². The fourth-order valence-corrected chi connectivity index (χ4v) is 5.80. The van der Waals surface area contributed by atoms with Gasteiger partial charge in [-0.2, -0.15) is 0 Å². The van der Waals surface area contributed by atoms with Gasteiger partial charge in [0.2, 0.25) is 0 Å². The van der Waals surface area contributed by atoms with Crippen molar-refractivity contribution < 1.29 is 13.5 Å². The molecule has 1 nitrogen and oxygen atoms in total. The Labute approximate surface area is 167 Å². The van der Waals surface area contributed by atoms with Gasteiger partial charge in [-0.25, -0.2) is 8.78 Å². The molecule has 2 aliphatic carbocycles. The van der Waals surface area contributed by atoms with Crippen LogP contribution in [-0.2, 0) is 0 Å². The highest BCUT2D eigenvalue weighted by Gasteiger charge is 2.36. The molecule has 28 heavy (non-hydrogen) atoms. The van der Waals surface area contributed by atoms with E-state index in [-0.39, 0.29) is 17.5 Å². The minimum atomic E-state index is -0.473. The monoisotopic (exact) mass is 386 g/mol. The van der Waals surface area contributed by atoms with Crippen LogP contribution in [-0.4, -0.2) is 7.11 Å². The third-order valence-electron chi connectivity index (χ3n) is 7.38. The molecular weight excluding hydrogens is 354 g/mol. The molecule has 0 N–H and O–H groups in total. The van der Waals surface area contributed by atoms with Gasteiger partial charge >= 0.3 is 0 Å². The smallest absolute Gasteiger partial charge is 0.172 e. The molecule has 2 saturated carbocycles. The molecule has 152 valence electrons. The van der Waals surface area contributed by atoms with Gasteiger partial charge in [-0.3, -0.25) is 0 Å². The van der Waals surface area contributed by atoms with Gasteiger partial charge in [-0.05, 0) is 84.9 Å². The number of unbranched alkanes of at least 4 members (excludes halogenated alkanes) is 1. The van der Waals surface area contributed by atoms with Gasteiger partial charge < -0.3 is 4.74 Å². The Bertz CT molecular complexity index is 831. The van der Waals surface area contributed by atoms with Gasteiger partial charge in [-0.1, -0.05) is 38.7 Å². The van der Waals surface area contributed by atoms with Gasteiger partial charge in [0, 0.05) is 5.39 Å². The summed E-state index contributed by atoms with van der Waals surface area (Å²) in [7, 11) is 1.43. The van der Waals surface area contributed by atoms with Crippen molar-refractivity contribution in [1.82, 2.24) is 0 Å². The first-order chi connectivity index (χ1) is 13.6.